The van der Waals surface area contributed by atoms with Crippen LogP contribution in [-0.2, 0) is 9.63 Å². The molecular weight excluding hydrogens is 200 g/mol. The second-order valence-electron chi connectivity index (χ2n) is 4.17. The van der Waals surface area contributed by atoms with Crippen LogP contribution in [0.2, 0.25) is 0 Å². The molecule has 0 aliphatic rings. The van der Waals surface area contributed by atoms with E-state index in [0.29, 0.717) is 0 Å². The predicted octanol–water partition coefficient (Wildman–Crippen LogP) is 1.58. The maximum atomic E-state index is 12.1. The van der Waals surface area contributed by atoms with E-state index in [9.17, 15) is 13.3 Å². The maximum Gasteiger partial charge on any atom is 0.124 e. The van der Waals surface area contributed by atoms with Crippen molar-refractivity contribution in [3.63, 3.8) is 0 Å². The highest BCUT2D eigenvalue weighted by atomic mass is 32.3. The van der Waals surface area contributed by atoms with E-state index >= 15 is 0 Å². The second-order valence-corrected chi connectivity index (χ2v) is 7.94. The molecule has 0 saturated heterocycles. The highest BCUT2D eigenvalue weighted by Crippen LogP contribution is 2.43. The van der Waals surface area contributed by atoms with Crippen LogP contribution in [0.4, 0.5) is 0 Å². The number of terminal acetylenes is 2. The lowest BCUT2D eigenvalue weighted by atomic mass is 10.2. The minimum Gasteiger partial charge on any atom is -0.305 e. The van der Waals surface area contributed by atoms with Gasteiger partial charge in [-0.25, -0.2) is 4.21 Å². The zero-order chi connectivity index (χ0) is 11.9. The Hall–Kier alpha value is -0.810. The van der Waals surface area contributed by atoms with E-state index in [1.54, 1.807) is 0 Å². The van der Waals surface area contributed by atoms with Gasteiger partial charge in [0, 0.05) is 0 Å². The van der Waals surface area contributed by atoms with Crippen molar-refractivity contribution >= 4 is 9.63 Å². The molecule has 0 spiro atoms. The molecule has 0 atom stereocenters. The molecule has 0 aliphatic carbocycles. The van der Waals surface area contributed by atoms with Crippen LogP contribution in [0.3, 0.4) is 0 Å². The fourth-order valence-corrected chi connectivity index (χ4v) is 2.55. The highest BCUT2D eigenvalue weighted by Gasteiger charge is 2.57. The van der Waals surface area contributed by atoms with Crippen molar-refractivity contribution in [2.75, 3.05) is 0 Å². The average Bonchev–Trinajstić information content (AvgIpc) is 2.02. The van der Waals surface area contributed by atoms with E-state index in [2.05, 4.69) is 11.8 Å². The second kappa shape index (κ2) is 2.84. The lowest BCUT2D eigenvalue weighted by molar-refractivity contribution is 0.345. The highest BCUT2D eigenvalue weighted by molar-refractivity contribution is 8.13. The fraction of sp³-hybridized carbons (Fsp3) is 0.600. The summed E-state index contributed by atoms with van der Waals surface area (Å²) in [6, 6.07) is 0. The molecule has 0 amide bonds. The Morgan fingerprint density at radius 2 is 1.21 bits per heavy atom. The molecule has 2 N–H and O–H groups in total. The zero-order valence-corrected chi connectivity index (χ0v) is 9.68. The summed E-state index contributed by atoms with van der Waals surface area (Å²) in [6.45, 7) is 5.23. The van der Waals surface area contributed by atoms with Crippen molar-refractivity contribution in [2.45, 2.75) is 37.2 Å². The normalized spacial score (nSPS) is 16.1. The topological polar surface area (TPSA) is 57.5 Å². The molecule has 0 unspecified atom stereocenters. The third-order valence-corrected chi connectivity index (χ3v) is 6.45. The summed E-state index contributed by atoms with van der Waals surface area (Å²) in [7, 11) is -5.09. The van der Waals surface area contributed by atoms with Crippen molar-refractivity contribution in [1.82, 2.24) is 0 Å². The molecule has 14 heavy (non-hydrogen) atoms. The van der Waals surface area contributed by atoms with E-state index in [1.807, 2.05) is 0 Å². The molecule has 0 saturated carbocycles. The lowest BCUT2D eigenvalue weighted by Gasteiger charge is -2.49. The van der Waals surface area contributed by atoms with Gasteiger partial charge in [0.25, 0.3) is 0 Å². The molecule has 0 aliphatic heterocycles. The molecule has 0 aromatic rings. The first kappa shape index (κ1) is 13.2. The average molecular weight is 216 g/mol. The summed E-state index contributed by atoms with van der Waals surface area (Å²) in [5.41, 5.74) is 0. The molecule has 0 radical (unpaired) electrons. The van der Waals surface area contributed by atoms with Crippen molar-refractivity contribution < 1.29 is 13.3 Å². The quantitative estimate of drug-likeness (QED) is 0.689. The first-order valence-electron chi connectivity index (χ1n) is 4.02. The summed E-state index contributed by atoms with van der Waals surface area (Å²) in [4.78, 5) is 0. The predicted molar refractivity (Wildman–Crippen MR) is 59.2 cm³/mol. The molecule has 0 bridgehead atoms. The van der Waals surface area contributed by atoms with E-state index in [-0.39, 0.29) is 0 Å². The number of hydrogen-bond acceptors (Lipinski definition) is 1. The Kier molecular flexibility index (Phi) is 2.67. The van der Waals surface area contributed by atoms with Gasteiger partial charge >= 0.3 is 0 Å². The van der Waals surface area contributed by atoms with Gasteiger partial charge in [-0.2, -0.15) is 0 Å². The van der Waals surface area contributed by atoms with Gasteiger partial charge in [0.05, 0.1) is 0 Å². The van der Waals surface area contributed by atoms with Gasteiger partial charge in [0.15, 0.2) is 0 Å². The van der Waals surface area contributed by atoms with Crippen LogP contribution in [0.1, 0.15) is 27.7 Å². The Morgan fingerprint density at radius 3 is 1.36 bits per heavy atom. The smallest absolute Gasteiger partial charge is 0.124 e. The molecule has 0 aromatic heterocycles. The van der Waals surface area contributed by atoms with Crippen LogP contribution < -0.4 is 0 Å². The molecule has 80 valence electrons. The van der Waals surface area contributed by atoms with Crippen molar-refractivity contribution in [1.29, 1.82) is 0 Å². The molecule has 0 rings (SSSR count). The SMILES string of the molecule is C#CC(C)(C)S(=O)(O)(O)C(C)(C)C#C. The monoisotopic (exact) mass is 216 g/mol. The minimum atomic E-state index is -5.09. The van der Waals surface area contributed by atoms with Gasteiger partial charge in [-0.05, 0) is 27.7 Å². The fourth-order valence-electron chi connectivity index (χ4n) is 0.850. The van der Waals surface area contributed by atoms with E-state index in [1.165, 1.54) is 27.7 Å². The zero-order valence-electron chi connectivity index (χ0n) is 8.87. The maximum absolute atomic E-state index is 12.1. The van der Waals surface area contributed by atoms with E-state index < -0.39 is 19.1 Å². The van der Waals surface area contributed by atoms with Crippen LogP contribution in [0.15, 0.2) is 0 Å². The molecule has 4 heteroatoms. The Labute approximate surface area is 85.3 Å². The van der Waals surface area contributed by atoms with Crippen LogP contribution in [0, 0.1) is 24.7 Å². The molecular formula is C10H16O3S. The van der Waals surface area contributed by atoms with Gasteiger partial charge in [-0.15, -0.1) is 12.8 Å². The largest absolute Gasteiger partial charge is 0.305 e. The van der Waals surface area contributed by atoms with E-state index in [4.69, 9.17) is 12.8 Å². The van der Waals surface area contributed by atoms with Crippen LogP contribution in [-0.4, -0.2) is 22.8 Å². The van der Waals surface area contributed by atoms with Gasteiger partial charge in [-0.3, -0.25) is 0 Å². The van der Waals surface area contributed by atoms with Gasteiger partial charge in [0.2, 0.25) is 0 Å². The van der Waals surface area contributed by atoms with Crippen LogP contribution >= 0.6 is 0 Å². The molecule has 0 heterocycles. The van der Waals surface area contributed by atoms with Crippen molar-refractivity contribution in [2.24, 2.45) is 0 Å². The van der Waals surface area contributed by atoms with Crippen molar-refractivity contribution in [3.05, 3.63) is 0 Å². The Bertz CT molecular complexity index is 353. The summed E-state index contributed by atoms with van der Waals surface area (Å²) < 4.78 is 28.7. The summed E-state index contributed by atoms with van der Waals surface area (Å²) in [5.74, 6) is 4.21. The Morgan fingerprint density at radius 1 is 1.00 bits per heavy atom. The number of hydrogen-bond donors (Lipinski definition) is 2. The first-order valence-corrected chi connectivity index (χ1v) is 5.90. The third-order valence-electron chi connectivity index (χ3n) is 2.54. The minimum absolute atomic E-state index is 1.31. The molecule has 3 nitrogen and oxygen atoms in total. The first-order chi connectivity index (χ1) is 5.91. The van der Waals surface area contributed by atoms with Gasteiger partial charge in [-0.1, -0.05) is 11.8 Å². The van der Waals surface area contributed by atoms with Gasteiger partial charge < -0.3 is 9.11 Å². The third kappa shape index (κ3) is 1.36. The Balaban J connectivity index is 5.92. The lowest BCUT2D eigenvalue weighted by Crippen LogP contribution is -2.62. The standard InChI is InChI=1S/C10H16O3S/c1-7-9(3,4)14(11,12,13)10(5,6)8-2/h1-2H,3-6H3,(H2,11,12,13). The van der Waals surface area contributed by atoms with Crippen LogP contribution in [0.25, 0.3) is 0 Å². The summed E-state index contributed by atoms with van der Waals surface area (Å²) in [5, 5.41) is 0. The number of rotatable bonds is 2. The van der Waals surface area contributed by atoms with Gasteiger partial charge in [0.1, 0.15) is 19.1 Å². The molecule has 0 aromatic carbocycles. The molecule has 0 fully saturated rings. The van der Waals surface area contributed by atoms with Crippen LogP contribution in [0.5, 0.6) is 0 Å². The van der Waals surface area contributed by atoms with Crippen molar-refractivity contribution in [3.8, 4) is 24.7 Å². The summed E-state index contributed by atoms with van der Waals surface area (Å²) >= 11 is 0. The van der Waals surface area contributed by atoms with E-state index in [0.717, 1.165) is 0 Å². The summed E-state index contributed by atoms with van der Waals surface area (Å²) in [6.07, 6.45) is 10.2.